The predicted molar refractivity (Wildman–Crippen MR) is 93.9 cm³/mol. The second-order valence-electron chi connectivity index (χ2n) is 4.42. The summed E-state index contributed by atoms with van der Waals surface area (Å²) in [6, 6.07) is 3.80. The molecule has 1 unspecified atom stereocenters. The van der Waals surface area contributed by atoms with Gasteiger partial charge in [-0.25, -0.2) is 4.99 Å². The lowest BCUT2D eigenvalue weighted by atomic mass is 10.1. The van der Waals surface area contributed by atoms with Gasteiger partial charge in [-0.15, -0.1) is 35.3 Å². The summed E-state index contributed by atoms with van der Waals surface area (Å²) >= 11 is 1.51. The molecule has 1 aromatic heterocycles. The Balaban J connectivity index is 0.00000361. The molecule has 116 valence electrons. The Morgan fingerprint density at radius 2 is 2.25 bits per heavy atom. The third kappa shape index (κ3) is 6.85. The summed E-state index contributed by atoms with van der Waals surface area (Å²) in [5.41, 5.74) is -0.976. The fourth-order valence-corrected chi connectivity index (χ4v) is 2.29. The van der Waals surface area contributed by atoms with Gasteiger partial charge in [-0.05, 0) is 31.7 Å². The van der Waals surface area contributed by atoms with Crippen LogP contribution in [0.2, 0.25) is 0 Å². The highest BCUT2D eigenvalue weighted by Crippen LogP contribution is 2.25. The Hall–Kier alpha value is -0.410. The van der Waals surface area contributed by atoms with Crippen molar-refractivity contribution in [3.05, 3.63) is 22.4 Å². The molecule has 7 heteroatoms. The van der Waals surface area contributed by atoms with E-state index < -0.39 is 5.60 Å². The van der Waals surface area contributed by atoms with Gasteiger partial charge in [0.25, 0.3) is 0 Å². The first-order valence-corrected chi connectivity index (χ1v) is 7.32. The highest BCUT2D eigenvalue weighted by atomic mass is 127. The minimum Gasteiger partial charge on any atom is -0.383 e. The first kappa shape index (κ1) is 19.6. The van der Waals surface area contributed by atoms with Gasteiger partial charge in [0.2, 0.25) is 0 Å². The SMILES string of the molecule is CCNC(=NCC(C)(O)c1cccs1)NCCCF.I. The molecular weight excluding hydrogens is 392 g/mol. The van der Waals surface area contributed by atoms with E-state index >= 15 is 0 Å². The van der Waals surface area contributed by atoms with Gasteiger partial charge in [0.1, 0.15) is 5.60 Å². The molecule has 0 bridgehead atoms. The standard InChI is InChI=1S/C13H22FN3OS.HI/c1-3-15-12(16-8-5-7-14)17-10-13(2,18)11-6-4-9-19-11;/h4,6,9,18H,3,5,7-8,10H2,1-2H3,(H2,15,16,17);1H. The van der Waals surface area contributed by atoms with E-state index in [1.165, 1.54) is 11.3 Å². The molecule has 0 aliphatic heterocycles. The van der Waals surface area contributed by atoms with Crippen molar-refractivity contribution in [2.24, 2.45) is 4.99 Å². The van der Waals surface area contributed by atoms with Crippen molar-refractivity contribution >= 4 is 41.3 Å². The Labute approximate surface area is 140 Å². The third-order valence-corrected chi connectivity index (χ3v) is 3.67. The molecule has 0 radical (unpaired) electrons. The van der Waals surface area contributed by atoms with Crippen molar-refractivity contribution in [1.82, 2.24) is 10.6 Å². The second kappa shape index (κ2) is 10.3. The van der Waals surface area contributed by atoms with Crippen LogP contribution in [0.1, 0.15) is 25.1 Å². The summed E-state index contributed by atoms with van der Waals surface area (Å²) < 4.78 is 12.1. The molecular formula is C13H23FIN3OS. The number of aliphatic imine (C=N–C) groups is 1. The quantitative estimate of drug-likeness (QED) is 0.278. The van der Waals surface area contributed by atoms with E-state index in [0.29, 0.717) is 18.9 Å². The molecule has 0 spiro atoms. The molecule has 1 heterocycles. The molecule has 3 N–H and O–H groups in total. The zero-order chi connectivity index (χ0) is 14.1. The largest absolute Gasteiger partial charge is 0.383 e. The van der Waals surface area contributed by atoms with E-state index in [9.17, 15) is 9.50 Å². The molecule has 0 aromatic carbocycles. The number of nitrogens with one attached hydrogen (secondary N) is 2. The van der Waals surface area contributed by atoms with Crippen LogP contribution in [-0.2, 0) is 5.60 Å². The first-order chi connectivity index (χ1) is 9.10. The molecule has 0 aliphatic carbocycles. The molecule has 0 aliphatic rings. The number of alkyl halides is 1. The number of hydrogen-bond acceptors (Lipinski definition) is 3. The van der Waals surface area contributed by atoms with Crippen LogP contribution in [0.3, 0.4) is 0 Å². The number of rotatable bonds is 7. The van der Waals surface area contributed by atoms with Crippen molar-refractivity contribution in [1.29, 1.82) is 0 Å². The number of guanidine groups is 1. The summed E-state index contributed by atoms with van der Waals surface area (Å²) in [6.45, 7) is 4.88. The fraction of sp³-hybridized carbons (Fsp3) is 0.615. The fourth-order valence-electron chi connectivity index (χ4n) is 1.51. The summed E-state index contributed by atoms with van der Waals surface area (Å²) in [6.07, 6.45) is 0.450. The zero-order valence-electron chi connectivity index (χ0n) is 11.9. The molecule has 0 amide bonds. The molecule has 0 saturated carbocycles. The molecule has 0 fully saturated rings. The van der Waals surface area contributed by atoms with Gasteiger partial charge in [0.15, 0.2) is 5.96 Å². The van der Waals surface area contributed by atoms with Crippen LogP contribution < -0.4 is 10.6 Å². The van der Waals surface area contributed by atoms with E-state index in [1.54, 1.807) is 6.92 Å². The van der Waals surface area contributed by atoms with Crippen molar-refractivity contribution in [3.8, 4) is 0 Å². The normalized spacial score (nSPS) is 14.3. The van der Waals surface area contributed by atoms with Crippen LogP contribution in [0.4, 0.5) is 4.39 Å². The van der Waals surface area contributed by atoms with Crippen LogP contribution in [0.15, 0.2) is 22.5 Å². The predicted octanol–water partition coefficient (Wildman–Crippen LogP) is 2.49. The number of thiophene rings is 1. The lowest BCUT2D eigenvalue weighted by Crippen LogP contribution is -2.39. The summed E-state index contributed by atoms with van der Waals surface area (Å²) in [5, 5.41) is 18.4. The monoisotopic (exact) mass is 415 g/mol. The molecule has 20 heavy (non-hydrogen) atoms. The maximum Gasteiger partial charge on any atom is 0.191 e. The Morgan fingerprint density at radius 1 is 1.50 bits per heavy atom. The van der Waals surface area contributed by atoms with Crippen molar-refractivity contribution < 1.29 is 9.50 Å². The number of aliphatic hydroxyl groups is 1. The van der Waals surface area contributed by atoms with Gasteiger partial charge in [0, 0.05) is 18.0 Å². The van der Waals surface area contributed by atoms with Gasteiger partial charge < -0.3 is 15.7 Å². The van der Waals surface area contributed by atoms with Crippen LogP contribution >= 0.6 is 35.3 Å². The van der Waals surface area contributed by atoms with Crippen LogP contribution in [0.5, 0.6) is 0 Å². The maximum atomic E-state index is 12.1. The van der Waals surface area contributed by atoms with Gasteiger partial charge in [0.05, 0.1) is 13.2 Å². The molecule has 1 rings (SSSR count). The van der Waals surface area contributed by atoms with Crippen LogP contribution in [0.25, 0.3) is 0 Å². The zero-order valence-corrected chi connectivity index (χ0v) is 15.0. The number of hydrogen-bond donors (Lipinski definition) is 3. The average molecular weight is 415 g/mol. The lowest BCUT2D eigenvalue weighted by molar-refractivity contribution is 0.0711. The van der Waals surface area contributed by atoms with Crippen molar-refractivity contribution in [3.63, 3.8) is 0 Å². The first-order valence-electron chi connectivity index (χ1n) is 6.44. The minimum atomic E-state index is -0.976. The lowest BCUT2D eigenvalue weighted by Gasteiger charge is -2.20. The minimum absolute atomic E-state index is 0. The molecule has 0 saturated heterocycles. The summed E-state index contributed by atoms with van der Waals surface area (Å²) in [5.74, 6) is 0.604. The molecule has 1 atom stereocenters. The highest BCUT2D eigenvalue weighted by Gasteiger charge is 2.23. The number of nitrogens with zero attached hydrogens (tertiary/aromatic N) is 1. The van der Waals surface area contributed by atoms with Gasteiger partial charge >= 0.3 is 0 Å². The van der Waals surface area contributed by atoms with E-state index in [2.05, 4.69) is 15.6 Å². The number of halogens is 2. The highest BCUT2D eigenvalue weighted by molar-refractivity contribution is 14.0. The smallest absolute Gasteiger partial charge is 0.191 e. The topological polar surface area (TPSA) is 56.7 Å². The van der Waals surface area contributed by atoms with Gasteiger partial charge in [-0.2, -0.15) is 0 Å². The van der Waals surface area contributed by atoms with Crippen LogP contribution in [-0.4, -0.2) is 37.4 Å². The van der Waals surface area contributed by atoms with Gasteiger partial charge in [-0.3, -0.25) is 4.39 Å². The third-order valence-electron chi connectivity index (χ3n) is 2.54. The van der Waals surface area contributed by atoms with Crippen LogP contribution in [0, 0.1) is 0 Å². The van der Waals surface area contributed by atoms with Crippen molar-refractivity contribution in [2.45, 2.75) is 25.9 Å². The maximum absolute atomic E-state index is 12.1. The Bertz CT molecular complexity index is 385. The summed E-state index contributed by atoms with van der Waals surface area (Å²) in [7, 11) is 0. The molecule has 1 aromatic rings. The summed E-state index contributed by atoms with van der Waals surface area (Å²) in [4.78, 5) is 5.23. The Morgan fingerprint density at radius 3 is 2.80 bits per heavy atom. The second-order valence-corrected chi connectivity index (χ2v) is 5.36. The van der Waals surface area contributed by atoms with Gasteiger partial charge in [-0.1, -0.05) is 6.07 Å². The Kier molecular flexibility index (Phi) is 10.1. The van der Waals surface area contributed by atoms with E-state index in [0.717, 1.165) is 11.4 Å². The average Bonchev–Trinajstić information content (AvgIpc) is 2.91. The van der Waals surface area contributed by atoms with Crippen molar-refractivity contribution in [2.75, 3.05) is 26.3 Å². The van der Waals surface area contributed by atoms with E-state index in [-0.39, 0.29) is 37.2 Å². The van der Waals surface area contributed by atoms with E-state index in [4.69, 9.17) is 0 Å². The molecule has 4 nitrogen and oxygen atoms in total. The van der Waals surface area contributed by atoms with E-state index in [1.807, 2.05) is 24.4 Å².